The van der Waals surface area contributed by atoms with E-state index < -0.39 is 5.82 Å². The molecule has 0 aliphatic carbocycles. The summed E-state index contributed by atoms with van der Waals surface area (Å²) in [5.41, 5.74) is 13.5. The Bertz CT molecular complexity index is 2880. The summed E-state index contributed by atoms with van der Waals surface area (Å²) in [7, 11) is 0. The van der Waals surface area contributed by atoms with E-state index in [0.29, 0.717) is 25.8 Å². The van der Waals surface area contributed by atoms with E-state index in [9.17, 15) is 4.79 Å². The molecule has 0 spiro atoms. The lowest BCUT2D eigenvalue weighted by Gasteiger charge is -2.27. The summed E-state index contributed by atoms with van der Waals surface area (Å²) in [6.07, 6.45) is 3.36. The number of imidazole rings is 1. The molecule has 4 aromatic carbocycles. The standard InChI is InChI=1S/C51H57FN8O4S/c1-4-59-45-14-8-37(27-41(45)40-13-11-38(30-47(40)59)44-32-65-33-55-44)31-53-18-6-5-7-50(61)54-19-24-63-48-16-9-36(28-42(48)52)10-17-49-56-43-29-39(51-34(2)57-64-35(51)3)12-15-46(43)60(49)21-20-58-22-25-62-26-23-58/h8-9,11-16,27-30,32-33,53H,4-7,10,17-26,31H2,1-3H3,(H,54,61). The molecule has 2 N–H and O–H groups in total. The van der Waals surface area contributed by atoms with Gasteiger partial charge in [-0.3, -0.25) is 9.69 Å². The minimum Gasteiger partial charge on any atom is -0.489 e. The van der Waals surface area contributed by atoms with Crippen molar-refractivity contribution in [3.05, 3.63) is 118 Å². The molecule has 0 radical (unpaired) electrons. The van der Waals surface area contributed by atoms with Gasteiger partial charge in [-0.25, -0.2) is 14.4 Å². The fraction of sp³-hybridized carbons (Fsp3) is 0.373. The maximum absolute atomic E-state index is 15.3. The van der Waals surface area contributed by atoms with Crippen LogP contribution in [0.5, 0.6) is 5.75 Å². The number of hydrogen-bond acceptors (Lipinski definition) is 10. The Kier molecular flexibility index (Phi) is 14.0. The van der Waals surface area contributed by atoms with Gasteiger partial charge in [-0.1, -0.05) is 35.5 Å². The molecule has 1 aliphatic heterocycles. The molecule has 1 amide bonds. The zero-order chi connectivity index (χ0) is 44.7. The molecule has 1 aliphatic rings. The summed E-state index contributed by atoms with van der Waals surface area (Å²) in [4.78, 5) is 24.6. The minimum absolute atomic E-state index is 0.0315. The fourth-order valence-corrected chi connectivity index (χ4v) is 9.69. The molecule has 9 rings (SSSR count). The van der Waals surface area contributed by atoms with Crippen LogP contribution < -0.4 is 15.4 Å². The van der Waals surface area contributed by atoms with Crippen LogP contribution in [0.25, 0.3) is 55.2 Å². The van der Waals surface area contributed by atoms with Crippen molar-refractivity contribution in [3.8, 4) is 28.1 Å². The monoisotopic (exact) mass is 896 g/mol. The number of carbonyl (C=O) groups is 1. The average molecular weight is 897 g/mol. The normalized spacial score (nSPS) is 13.4. The first-order valence-electron chi connectivity index (χ1n) is 22.9. The zero-order valence-electron chi connectivity index (χ0n) is 37.5. The van der Waals surface area contributed by atoms with E-state index in [0.717, 1.165) is 128 Å². The average Bonchev–Trinajstić information content (AvgIpc) is 4.12. The van der Waals surface area contributed by atoms with Gasteiger partial charge in [-0.2, -0.15) is 0 Å². The third kappa shape index (κ3) is 10.2. The Morgan fingerprint density at radius 3 is 2.51 bits per heavy atom. The number of nitrogens with zero attached hydrogens (tertiary/aromatic N) is 6. The number of fused-ring (bicyclic) bond motifs is 4. The number of ether oxygens (including phenoxy) is 2. The molecule has 12 nitrogen and oxygen atoms in total. The lowest BCUT2D eigenvalue weighted by atomic mass is 10.0. The summed E-state index contributed by atoms with van der Waals surface area (Å²) < 4.78 is 36.7. The van der Waals surface area contributed by atoms with Crippen LogP contribution >= 0.6 is 11.3 Å². The second-order valence-electron chi connectivity index (χ2n) is 16.8. The highest BCUT2D eigenvalue weighted by Gasteiger charge is 2.19. The smallest absolute Gasteiger partial charge is 0.220 e. The van der Waals surface area contributed by atoms with E-state index in [1.807, 2.05) is 25.4 Å². The van der Waals surface area contributed by atoms with Gasteiger partial charge in [0.05, 0.1) is 47.7 Å². The molecule has 1 saturated heterocycles. The van der Waals surface area contributed by atoms with E-state index in [-0.39, 0.29) is 18.3 Å². The van der Waals surface area contributed by atoms with Crippen molar-refractivity contribution in [3.63, 3.8) is 0 Å². The van der Waals surface area contributed by atoms with Crippen molar-refractivity contribution in [1.29, 1.82) is 0 Å². The third-order valence-corrected chi connectivity index (χ3v) is 13.1. The Morgan fingerprint density at radius 1 is 0.862 bits per heavy atom. The zero-order valence-corrected chi connectivity index (χ0v) is 38.3. The number of halogens is 1. The van der Waals surface area contributed by atoms with Gasteiger partial charge in [-0.15, -0.1) is 11.3 Å². The highest BCUT2D eigenvalue weighted by atomic mass is 32.1. The predicted molar refractivity (Wildman–Crippen MR) is 256 cm³/mol. The number of aryl methyl sites for hydroxylation is 5. The molecule has 8 aromatic rings. The maximum atomic E-state index is 15.3. The maximum Gasteiger partial charge on any atom is 0.220 e. The Balaban J connectivity index is 0.711. The number of nitrogens with one attached hydrogen (secondary N) is 2. The van der Waals surface area contributed by atoms with Crippen LogP contribution in [0.4, 0.5) is 4.39 Å². The highest BCUT2D eigenvalue weighted by molar-refractivity contribution is 7.07. The van der Waals surface area contributed by atoms with Crippen molar-refractivity contribution >= 4 is 50.1 Å². The largest absolute Gasteiger partial charge is 0.489 e. The van der Waals surface area contributed by atoms with E-state index in [1.54, 1.807) is 23.5 Å². The first-order chi connectivity index (χ1) is 31.8. The van der Waals surface area contributed by atoms with E-state index >= 15 is 4.39 Å². The van der Waals surface area contributed by atoms with Gasteiger partial charge in [0.25, 0.3) is 0 Å². The molecule has 14 heteroatoms. The van der Waals surface area contributed by atoms with Crippen molar-refractivity contribution in [2.45, 2.75) is 72.5 Å². The van der Waals surface area contributed by atoms with Crippen LogP contribution in [0.3, 0.4) is 0 Å². The highest BCUT2D eigenvalue weighted by Crippen LogP contribution is 2.34. The van der Waals surface area contributed by atoms with Crippen molar-refractivity contribution in [2.24, 2.45) is 0 Å². The van der Waals surface area contributed by atoms with Crippen LogP contribution in [0.2, 0.25) is 0 Å². The SMILES string of the molecule is CCn1c2ccc(CNCCCCC(=O)NCCOc3ccc(CCc4nc5cc(-c6c(C)noc6C)ccc5n4CCN4CCOCC4)cc3F)cc2c2ccc(-c3cscn3)cc21. The Labute approximate surface area is 382 Å². The van der Waals surface area contributed by atoms with Gasteiger partial charge in [0, 0.05) is 90.4 Å². The number of hydrogen-bond donors (Lipinski definition) is 2. The first kappa shape index (κ1) is 44.3. The van der Waals surface area contributed by atoms with Crippen molar-refractivity contribution in [2.75, 3.05) is 52.5 Å². The number of benzene rings is 4. The first-order valence-corrected chi connectivity index (χ1v) is 23.8. The van der Waals surface area contributed by atoms with Crippen LogP contribution in [0.1, 0.15) is 54.6 Å². The molecule has 1 fully saturated rings. The number of rotatable bonds is 20. The number of carbonyl (C=O) groups excluding carboxylic acids is 1. The molecule has 0 unspecified atom stereocenters. The van der Waals surface area contributed by atoms with Crippen LogP contribution in [0, 0.1) is 19.7 Å². The second-order valence-corrected chi connectivity index (χ2v) is 17.6. The van der Waals surface area contributed by atoms with Crippen LogP contribution in [-0.2, 0) is 42.0 Å². The summed E-state index contributed by atoms with van der Waals surface area (Å²) in [5, 5.41) is 15.2. The molecule has 0 bridgehead atoms. The summed E-state index contributed by atoms with van der Waals surface area (Å²) >= 11 is 1.61. The number of morpholine rings is 1. The quantitative estimate of drug-likeness (QED) is 0.0721. The molecule has 338 valence electrons. The molecule has 0 saturated carbocycles. The minimum atomic E-state index is -0.417. The molecule has 4 aromatic heterocycles. The van der Waals surface area contributed by atoms with E-state index in [1.165, 1.54) is 27.4 Å². The van der Waals surface area contributed by atoms with Gasteiger partial charge in [0.1, 0.15) is 18.2 Å². The Morgan fingerprint density at radius 2 is 1.71 bits per heavy atom. The van der Waals surface area contributed by atoms with Gasteiger partial charge >= 0.3 is 0 Å². The van der Waals surface area contributed by atoms with Gasteiger partial charge in [-0.05, 0) is 106 Å². The number of aromatic nitrogens is 5. The van der Waals surface area contributed by atoms with Gasteiger partial charge < -0.3 is 33.8 Å². The Hall–Kier alpha value is -5.93. The number of amides is 1. The summed E-state index contributed by atoms with van der Waals surface area (Å²) in [6.45, 7) is 14.1. The molecule has 5 heterocycles. The lowest BCUT2D eigenvalue weighted by molar-refractivity contribution is -0.121. The number of thiazole rings is 1. The summed E-state index contributed by atoms with van der Waals surface area (Å²) in [5.74, 6) is 1.47. The third-order valence-electron chi connectivity index (χ3n) is 12.5. The van der Waals surface area contributed by atoms with Crippen molar-refractivity contribution < 1.29 is 23.2 Å². The second kappa shape index (κ2) is 20.5. The van der Waals surface area contributed by atoms with Gasteiger partial charge in [0.2, 0.25) is 5.91 Å². The number of unbranched alkanes of at least 4 members (excludes halogenated alkanes) is 1. The fourth-order valence-electron chi connectivity index (χ4n) is 9.13. The van der Waals surface area contributed by atoms with Crippen LogP contribution in [0.15, 0.2) is 88.2 Å². The molecular weight excluding hydrogens is 840 g/mol. The van der Waals surface area contributed by atoms with Crippen molar-refractivity contribution in [1.82, 2.24) is 39.8 Å². The molecule has 65 heavy (non-hydrogen) atoms. The van der Waals surface area contributed by atoms with Gasteiger partial charge in [0.15, 0.2) is 11.6 Å². The molecule has 0 atom stereocenters. The lowest BCUT2D eigenvalue weighted by Crippen LogP contribution is -2.38. The molecular formula is C51H57FN8O4S. The predicted octanol–water partition coefficient (Wildman–Crippen LogP) is 9.27. The van der Waals surface area contributed by atoms with Crippen LogP contribution in [-0.4, -0.2) is 87.6 Å². The van der Waals surface area contributed by atoms with E-state index in [4.69, 9.17) is 19.0 Å². The topological polar surface area (TPSA) is 125 Å². The summed E-state index contributed by atoms with van der Waals surface area (Å²) in [6, 6.07) is 24.8. The van der Waals surface area contributed by atoms with E-state index in [2.05, 4.69) is 102 Å².